The van der Waals surface area contributed by atoms with Crippen LogP contribution in [-0.2, 0) is 4.74 Å². The number of hydrogen-bond donors (Lipinski definition) is 1. The van der Waals surface area contributed by atoms with Gasteiger partial charge in [-0.1, -0.05) is 33.1 Å². The number of rotatable bonds is 6. The van der Waals surface area contributed by atoms with Crippen molar-refractivity contribution in [2.75, 3.05) is 26.8 Å². The van der Waals surface area contributed by atoms with Crippen LogP contribution in [0.5, 0.6) is 0 Å². The molecule has 124 valence electrons. The number of nitrogens with one attached hydrogen (secondary N) is 1. The fourth-order valence-electron chi connectivity index (χ4n) is 4.34. The lowest BCUT2D eigenvalue weighted by Gasteiger charge is -2.47. The van der Waals surface area contributed by atoms with Crippen LogP contribution in [0.3, 0.4) is 0 Å². The van der Waals surface area contributed by atoms with Gasteiger partial charge in [0.1, 0.15) is 0 Å². The molecule has 3 nitrogen and oxygen atoms in total. The molecule has 0 amide bonds. The van der Waals surface area contributed by atoms with Gasteiger partial charge >= 0.3 is 0 Å². The smallest absolute Gasteiger partial charge is 0.0615 e. The minimum Gasteiger partial charge on any atom is -0.383 e. The molecule has 0 spiro atoms. The Balaban J connectivity index is 1.97. The first-order chi connectivity index (χ1) is 10.1. The Morgan fingerprint density at radius 2 is 1.86 bits per heavy atom. The molecule has 3 atom stereocenters. The molecule has 1 saturated carbocycles. The van der Waals surface area contributed by atoms with E-state index in [1.807, 2.05) is 7.11 Å². The molecule has 1 saturated heterocycles. The third kappa shape index (κ3) is 4.94. The van der Waals surface area contributed by atoms with Crippen molar-refractivity contribution in [1.82, 2.24) is 10.2 Å². The van der Waals surface area contributed by atoms with Gasteiger partial charge in [0.2, 0.25) is 0 Å². The lowest BCUT2D eigenvalue weighted by atomic mass is 9.82. The van der Waals surface area contributed by atoms with Gasteiger partial charge in [-0.25, -0.2) is 0 Å². The van der Waals surface area contributed by atoms with Crippen LogP contribution in [0, 0.1) is 11.8 Å². The maximum Gasteiger partial charge on any atom is 0.0615 e. The van der Waals surface area contributed by atoms with Gasteiger partial charge in [-0.05, 0) is 38.0 Å². The Bertz CT molecular complexity index is 289. The van der Waals surface area contributed by atoms with Crippen molar-refractivity contribution < 1.29 is 4.74 Å². The van der Waals surface area contributed by atoms with Gasteiger partial charge in [-0.2, -0.15) is 0 Å². The van der Waals surface area contributed by atoms with Gasteiger partial charge < -0.3 is 10.1 Å². The molecule has 2 aliphatic rings. The predicted molar refractivity (Wildman–Crippen MR) is 89.7 cm³/mol. The van der Waals surface area contributed by atoms with Crippen LogP contribution in [0.15, 0.2) is 0 Å². The molecular formula is C18H36N2O. The van der Waals surface area contributed by atoms with Crippen LogP contribution >= 0.6 is 0 Å². The van der Waals surface area contributed by atoms with Gasteiger partial charge in [0.25, 0.3) is 0 Å². The van der Waals surface area contributed by atoms with Gasteiger partial charge in [-0.15, -0.1) is 0 Å². The van der Waals surface area contributed by atoms with E-state index < -0.39 is 0 Å². The summed E-state index contributed by atoms with van der Waals surface area (Å²) in [5.41, 5.74) is 0. The van der Waals surface area contributed by atoms with Crippen molar-refractivity contribution in [3.05, 3.63) is 0 Å². The summed E-state index contributed by atoms with van der Waals surface area (Å²) < 4.78 is 5.43. The summed E-state index contributed by atoms with van der Waals surface area (Å²) in [7, 11) is 1.83. The normalized spacial score (nSPS) is 30.7. The second-order valence-corrected chi connectivity index (χ2v) is 7.70. The lowest BCUT2D eigenvalue weighted by molar-refractivity contribution is 0.0206. The van der Waals surface area contributed by atoms with Crippen molar-refractivity contribution in [3.8, 4) is 0 Å². The average Bonchev–Trinajstić information content (AvgIpc) is 2.48. The van der Waals surface area contributed by atoms with Crippen LogP contribution in [0.1, 0.15) is 59.3 Å². The summed E-state index contributed by atoms with van der Waals surface area (Å²) in [4.78, 5) is 2.74. The summed E-state index contributed by atoms with van der Waals surface area (Å²) in [6.45, 7) is 10.2. The number of piperazine rings is 1. The maximum absolute atomic E-state index is 5.43. The third-order valence-electron chi connectivity index (χ3n) is 5.43. The van der Waals surface area contributed by atoms with E-state index in [9.17, 15) is 0 Å². The average molecular weight is 296 g/mol. The third-order valence-corrected chi connectivity index (χ3v) is 5.43. The zero-order valence-corrected chi connectivity index (χ0v) is 14.6. The monoisotopic (exact) mass is 296 g/mol. The number of ether oxygens (including phenoxy) is 1. The van der Waals surface area contributed by atoms with Gasteiger partial charge in [-0.3, -0.25) is 4.90 Å². The fourth-order valence-corrected chi connectivity index (χ4v) is 4.34. The number of nitrogens with zero attached hydrogens (tertiary/aromatic N) is 1. The highest BCUT2D eigenvalue weighted by Gasteiger charge is 2.34. The van der Waals surface area contributed by atoms with Crippen molar-refractivity contribution in [3.63, 3.8) is 0 Å². The standard InChI is InChI=1S/C18H36N2O/c1-14(2)10-17-11-19-18(16-8-6-5-7-9-16)12-20(17)15(3)13-21-4/h14-19H,5-13H2,1-4H3. The molecule has 1 aliphatic heterocycles. The number of hydrogen-bond acceptors (Lipinski definition) is 3. The Kier molecular flexibility index (Phi) is 6.97. The van der Waals surface area contributed by atoms with Crippen LogP contribution in [0.2, 0.25) is 0 Å². The highest BCUT2D eigenvalue weighted by atomic mass is 16.5. The van der Waals surface area contributed by atoms with Crippen LogP contribution in [-0.4, -0.2) is 49.8 Å². The SMILES string of the molecule is COCC(C)N1CC(C2CCCCC2)NCC1CC(C)C. The molecule has 2 fully saturated rings. The van der Waals surface area contributed by atoms with Gasteiger partial charge in [0.05, 0.1) is 6.61 Å². The maximum atomic E-state index is 5.43. The summed E-state index contributed by atoms with van der Waals surface area (Å²) >= 11 is 0. The summed E-state index contributed by atoms with van der Waals surface area (Å²) in [6.07, 6.45) is 8.47. The zero-order valence-electron chi connectivity index (χ0n) is 14.6. The van der Waals surface area contributed by atoms with E-state index in [0.29, 0.717) is 18.1 Å². The van der Waals surface area contributed by atoms with Gasteiger partial charge in [0, 0.05) is 38.3 Å². The van der Waals surface area contributed by atoms with E-state index in [2.05, 4.69) is 31.0 Å². The van der Waals surface area contributed by atoms with Crippen molar-refractivity contribution in [1.29, 1.82) is 0 Å². The van der Waals surface area contributed by atoms with Crippen molar-refractivity contribution in [2.45, 2.75) is 77.4 Å². The molecule has 2 rings (SSSR count). The summed E-state index contributed by atoms with van der Waals surface area (Å²) in [5.74, 6) is 1.66. The van der Waals surface area contributed by atoms with Crippen molar-refractivity contribution in [2.24, 2.45) is 11.8 Å². The first-order valence-electron chi connectivity index (χ1n) is 9.09. The Morgan fingerprint density at radius 1 is 1.14 bits per heavy atom. The first-order valence-corrected chi connectivity index (χ1v) is 9.09. The predicted octanol–water partition coefficient (Wildman–Crippen LogP) is 3.29. The van der Waals surface area contributed by atoms with E-state index in [-0.39, 0.29) is 0 Å². The Hall–Kier alpha value is -0.120. The highest BCUT2D eigenvalue weighted by Crippen LogP contribution is 2.29. The Labute approximate surface area is 131 Å². The van der Waals surface area contributed by atoms with Crippen LogP contribution in [0.4, 0.5) is 0 Å². The molecular weight excluding hydrogens is 260 g/mol. The minimum atomic E-state index is 0.534. The molecule has 0 bridgehead atoms. The first kappa shape index (κ1) is 17.2. The zero-order chi connectivity index (χ0) is 15.2. The summed E-state index contributed by atoms with van der Waals surface area (Å²) in [5, 5.41) is 3.89. The Morgan fingerprint density at radius 3 is 2.48 bits per heavy atom. The molecule has 3 unspecified atom stereocenters. The summed E-state index contributed by atoms with van der Waals surface area (Å²) in [6, 6.07) is 1.91. The lowest BCUT2D eigenvalue weighted by Crippen LogP contribution is -2.61. The van der Waals surface area contributed by atoms with Gasteiger partial charge in [0.15, 0.2) is 0 Å². The molecule has 21 heavy (non-hydrogen) atoms. The van der Waals surface area contributed by atoms with Crippen LogP contribution in [0.25, 0.3) is 0 Å². The molecule has 1 aliphatic carbocycles. The van der Waals surface area contributed by atoms with E-state index >= 15 is 0 Å². The topological polar surface area (TPSA) is 24.5 Å². The van der Waals surface area contributed by atoms with E-state index in [1.165, 1.54) is 45.1 Å². The van der Waals surface area contributed by atoms with E-state index in [0.717, 1.165) is 25.0 Å². The number of methoxy groups -OCH3 is 1. The highest BCUT2D eigenvalue weighted by molar-refractivity contribution is 4.92. The van der Waals surface area contributed by atoms with E-state index in [4.69, 9.17) is 4.74 Å². The second-order valence-electron chi connectivity index (χ2n) is 7.70. The molecule has 1 N–H and O–H groups in total. The molecule has 0 radical (unpaired) electrons. The molecule has 3 heteroatoms. The molecule has 1 heterocycles. The van der Waals surface area contributed by atoms with E-state index in [1.54, 1.807) is 0 Å². The van der Waals surface area contributed by atoms with Crippen molar-refractivity contribution >= 4 is 0 Å². The molecule has 0 aromatic carbocycles. The molecule has 0 aromatic heterocycles. The largest absolute Gasteiger partial charge is 0.383 e. The van der Waals surface area contributed by atoms with Crippen LogP contribution < -0.4 is 5.32 Å². The molecule has 0 aromatic rings. The minimum absolute atomic E-state index is 0.534. The quantitative estimate of drug-likeness (QED) is 0.814. The fraction of sp³-hybridized carbons (Fsp3) is 1.00. The second kappa shape index (κ2) is 8.50.